The summed E-state index contributed by atoms with van der Waals surface area (Å²) in [5.41, 5.74) is -1.44. The molecule has 0 radical (unpaired) electrons. The number of aliphatic hydroxyl groups is 1. The van der Waals surface area contributed by atoms with Gasteiger partial charge in [-0.1, -0.05) is 19.9 Å². The van der Waals surface area contributed by atoms with Crippen molar-refractivity contribution in [2.45, 2.75) is 45.6 Å². The first-order valence-electron chi connectivity index (χ1n) is 7.94. The highest BCUT2D eigenvalue weighted by Crippen LogP contribution is 2.31. The van der Waals surface area contributed by atoms with Crippen molar-refractivity contribution in [3.63, 3.8) is 0 Å². The zero-order valence-corrected chi connectivity index (χ0v) is 14.5. The summed E-state index contributed by atoms with van der Waals surface area (Å²) in [5.74, 6) is 0.558. The van der Waals surface area contributed by atoms with Crippen molar-refractivity contribution in [3.05, 3.63) is 22.4 Å². The lowest BCUT2D eigenvalue weighted by atomic mass is 9.79. The molecule has 2 rings (SSSR count). The zero-order chi connectivity index (χ0) is 16.2. The maximum atomic E-state index is 12.5. The lowest BCUT2D eigenvalue weighted by molar-refractivity contribution is -0.131. The van der Waals surface area contributed by atoms with Crippen LogP contribution in [-0.4, -0.2) is 30.8 Å². The van der Waals surface area contributed by atoms with Gasteiger partial charge in [0.2, 0.25) is 5.91 Å². The van der Waals surface area contributed by atoms with Gasteiger partial charge in [0.15, 0.2) is 0 Å². The number of hydrogen-bond acceptors (Lipinski definition) is 4. The van der Waals surface area contributed by atoms with Crippen LogP contribution < -0.4 is 5.32 Å². The van der Waals surface area contributed by atoms with E-state index < -0.39 is 11.0 Å². The molecule has 1 aliphatic rings. The second-order valence-corrected chi connectivity index (χ2v) is 8.03. The molecule has 22 heavy (non-hydrogen) atoms. The van der Waals surface area contributed by atoms with Gasteiger partial charge in [-0.2, -0.15) is 0 Å². The molecule has 5 heteroatoms. The average Bonchev–Trinajstić information content (AvgIpc) is 3.00. The summed E-state index contributed by atoms with van der Waals surface area (Å²) in [6.07, 6.45) is 2.93. The normalized spacial score (nSPS) is 19.6. The molecular formula is C17H27NO3S. The van der Waals surface area contributed by atoms with Crippen LogP contribution in [0.3, 0.4) is 0 Å². The van der Waals surface area contributed by atoms with Crippen LogP contribution in [0.1, 0.15) is 44.9 Å². The molecule has 0 aliphatic carbocycles. The maximum Gasteiger partial charge on any atom is 0.225 e. The Morgan fingerprint density at radius 3 is 2.68 bits per heavy atom. The lowest BCUT2D eigenvalue weighted by Crippen LogP contribution is -2.44. The topological polar surface area (TPSA) is 58.6 Å². The summed E-state index contributed by atoms with van der Waals surface area (Å²) < 4.78 is 5.38. The Hall–Kier alpha value is -0.910. The molecule has 1 fully saturated rings. The van der Waals surface area contributed by atoms with E-state index in [1.165, 1.54) is 11.3 Å². The van der Waals surface area contributed by atoms with Crippen molar-refractivity contribution in [1.82, 2.24) is 5.32 Å². The van der Waals surface area contributed by atoms with E-state index in [4.69, 9.17) is 4.74 Å². The van der Waals surface area contributed by atoms with Crippen molar-refractivity contribution >= 4 is 17.2 Å². The molecule has 0 saturated carbocycles. The van der Waals surface area contributed by atoms with Gasteiger partial charge >= 0.3 is 0 Å². The molecule has 1 unspecified atom stereocenters. The first kappa shape index (κ1) is 17.4. The highest BCUT2D eigenvalue weighted by Gasteiger charge is 2.33. The Labute approximate surface area is 136 Å². The van der Waals surface area contributed by atoms with Crippen LogP contribution in [0.2, 0.25) is 0 Å². The standard InChI is InChI=1S/C17H27NO3S/c1-16(2,11-13-6-8-21-9-7-13)15(19)18-12-17(3,20)14-5-4-10-22-14/h4-5,10,13,20H,6-9,11-12H2,1-3H3,(H,18,19). The van der Waals surface area contributed by atoms with E-state index in [-0.39, 0.29) is 12.5 Å². The van der Waals surface area contributed by atoms with Crippen LogP contribution in [-0.2, 0) is 15.1 Å². The minimum Gasteiger partial charge on any atom is -0.383 e. The fourth-order valence-electron chi connectivity index (χ4n) is 2.93. The molecule has 1 aromatic heterocycles. The van der Waals surface area contributed by atoms with Gasteiger partial charge in [-0.3, -0.25) is 4.79 Å². The molecule has 0 bridgehead atoms. The minimum atomic E-state index is -1.02. The molecule has 0 spiro atoms. The molecule has 2 heterocycles. The number of hydrogen-bond donors (Lipinski definition) is 2. The van der Waals surface area contributed by atoms with Crippen molar-refractivity contribution in [2.75, 3.05) is 19.8 Å². The molecule has 1 aromatic rings. The number of amides is 1. The molecule has 1 aliphatic heterocycles. The second kappa shape index (κ2) is 7.11. The van der Waals surface area contributed by atoms with Gasteiger partial charge in [0.05, 0.1) is 6.54 Å². The SMILES string of the molecule is CC(C)(CC1CCOCC1)C(=O)NCC(C)(O)c1cccs1. The predicted molar refractivity (Wildman–Crippen MR) is 88.8 cm³/mol. The molecule has 124 valence electrons. The van der Waals surface area contributed by atoms with Gasteiger partial charge in [0.25, 0.3) is 0 Å². The largest absolute Gasteiger partial charge is 0.383 e. The second-order valence-electron chi connectivity index (χ2n) is 7.08. The first-order chi connectivity index (χ1) is 10.3. The summed E-state index contributed by atoms with van der Waals surface area (Å²) in [4.78, 5) is 13.4. The zero-order valence-electron chi connectivity index (χ0n) is 13.7. The van der Waals surface area contributed by atoms with Gasteiger partial charge < -0.3 is 15.2 Å². The summed E-state index contributed by atoms with van der Waals surface area (Å²) in [6.45, 7) is 7.55. The van der Waals surface area contributed by atoms with Crippen molar-refractivity contribution in [2.24, 2.45) is 11.3 Å². The Morgan fingerprint density at radius 2 is 2.09 bits per heavy atom. The third-order valence-electron chi connectivity index (χ3n) is 4.40. The maximum absolute atomic E-state index is 12.5. The van der Waals surface area contributed by atoms with Crippen LogP contribution in [0.25, 0.3) is 0 Å². The highest BCUT2D eigenvalue weighted by atomic mass is 32.1. The van der Waals surface area contributed by atoms with Gasteiger partial charge in [0.1, 0.15) is 5.60 Å². The van der Waals surface area contributed by atoms with E-state index in [9.17, 15) is 9.90 Å². The quantitative estimate of drug-likeness (QED) is 0.845. The number of rotatable bonds is 6. The Bertz CT molecular complexity index is 476. The van der Waals surface area contributed by atoms with Gasteiger partial charge in [-0.05, 0) is 43.6 Å². The van der Waals surface area contributed by atoms with Crippen LogP contribution in [0.4, 0.5) is 0 Å². The van der Waals surface area contributed by atoms with E-state index in [0.29, 0.717) is 5.92 Å². The van der Waals surface area contributed by atoms with Crippen LogP contribution in [0, 0.1) is 11.3 Å². The van der Waals surface area contributed by atoms with Crippen LogP contribution >= 0.6 is 11.3 Å². The van der Waals surface area contributed by atoms with Gasteiger partial charge in [0, 0.05) is 23.5 Å². The lowest BCUT2D eigenvalue weighted by Gasteiger charge is -2.32. The van der Waals surface area contributed by atoms with E-state index in [1.54, 1.807) is 6.92 Å². The molecule has 4 nitrogen and oxygen atoms in total. The van der Waals surface area contributed by atoms with Crippen molar-refractivity contribution in [3.8, 4) is 0 Å². The monoisotopic (exact) mass is 325 g/mol. The minimum absolute atomic E-state index is 0.0100. The van der Waals surface area contributed by atoms with Gasteiger partial charge in [-0.15, -0.1) is 11.3 Å². The number of thiophene rings is 1. The van der Waals surface area contributed by atoms with Gasteiger partial charge in [-0.25, -0.2) is 0 Å². The molecule has 1 amide bonds. The van der Waals surface area contributed by atoms with Crippen LogP contribution in [0.5, 0.6) is 0 Å². The molecule has 2 N–H and O–H groups in total. The first-order valence-corrected chi connectivity index (χ1v) is 8.82. The number of carbonyl (C=O) groups excluding carboxylic acids is 1. The molecule has 0 aromatic carbocycles. The molecule has 1 atom stereocenters. The molecular weight excluding hydrogens is 298 g/mol. The van der Waals surface area contributed by atoms with E-state index >= 15 is 0 Å². The Balaban J connectivity index is 1.87. The summed E-state index contributed by atoms with van der Waals surface area (Å²) in [7, 11) is 0. The smallest absolute Gasteiger partial charge is 0.225 e. The van der Waals surface area contributed by atoms with E-state index in [0.717, 1.165) is 37.4 Å². The average molecular weight is 325 g/mol. The summed E-state index contributed by atoms with van der Waals surface area (Å²) >= 11 is 1.50. The fourth-order valence-corrected chi connectivity index (χ4v) is 3.72. The third kappa shape index (κ3) is 4.54. The summed E-state index contributed by atoms with van der Waals surface area (Å²) in [6, 6.07) is 3.80. The third-order valence-corrected chi connectivity index (χ3v) is 5.52. The van der Waals surface area contributed by atoms with Crippen molar-refractivity contribution < 1.29 is 14.6 Å². The van der Waals surface area contributed by atoms with E-state index in [2.05, 4.69) is 5.32 Å². The Kier molecular flexibility index (Phi) is 5.64. The predicted octanol–water partition coefficient (Wildman–Crippen LogP) is 2.91. The summed E-state index contributed by atoms with van der Waals surface area (Å²) in [5, 5.41) is 15.3. The molecule has 1 saturated heterocycles. The van der Waals surface area contributed by atoms with Crippen LogP contribution in [0.15, 0.2) is 17.5 Å². The van der Waals surface area contributed by atoms with E-state index in [1.807, 2.05) is 31.4 Å². The fraction of sp³-hybridized carbons (Fsp3) is 0.706. The van der Waals surface area contributed by atoms with Crippen molar-refractivity contribution in [1.29, 1.82) is 0 Å². The number of carbonyl (C=O) groups is 1. The number of nitrogens with one attached hydrogen (secondary N) is 1. The highest BCUT2D eigenvalue weighted by molar-refractivity contribution is 7.10. The Morgan fingerprint density at radius 1 is 1.41 bits per heavy atom. The number of ether oxygens (including phenoxy) is 1.